The van der Waals surface area contributed by atoms with Crippen LogP contribution >= 0.6 is 37.2 Å². The number of likely N-dealkylation sites (N-methyl/N-ethyl adjacent to an activating group) is 1. The Bertz CT molecular complexity index is 559. The SMILES string of the molecule is CN1CCN(CCOc2ccc(NC(=O)[C@@H](N)C(C)(C)C)cc2)CC1.Cl.Cl.Cl. The van der Waals surface area contributed by atoms with E-state index >= 15 is 0 Å². The zero-order chi connectivity index (χ0) is 18.4. The van der Waals surface area contributed by atoms with E-state index in [1.807, 2.05) is 45.0 Å². The van der Waals surface area contributed by atoms with E-state index in [9.17, 15) is 4.79 Å². The molecule has 9 heteroatoms. The van der Waals surface area contributed by atoms with Crippen molar-refractivity contribution < 1.29 is 9.53 Å². The Morgan fingerprint density at radius 3 is 2.14 bits per heavy atom. The molecule has 1 aliphatic rings. The van der Waals surface area contributed by atoms with Gasteiger partial charge in [-0.15, -0.1) is 37.2 Å². The molecule has 0 aliphatic carbocycles. The second-order valence-corrected chi connectivity index (χ2v) is 7.85. The van der Waals surface area contributed by atoms with E-state index in [0.717, 1.165) is 44.2 Å². The van der Waals surface area contributed by atoms with Crippen LogP contribution in [-0.4, -0.2) is 68.1 Å². The fraction of sp³-hybridized carbons (Fsp3) is 0.632. The lowest BCUT2D eigenvalue weighted by molar-refractivity contribution is -0.119. The molecule has 1 atom stereocenters. The van der Waals surface area contributed by atoms with Crippen LogP contribution in [0.15, 0.2) is 24.3 Å². The van der Waals surface area contributed by atoms with Crippen LogP contribution in [0.4, 0.5) is 5.69 Å². The molecule has 0 unspecified atom stereocenters. The molecule has 164 valence electrons. The Labute approximate surface area is 187 Å². The highest BCUT2D eigenvalue weighted by molar-refractivity contribution is 5.95. The van der Waals surface area contributed by atoms with Crippen molar-refractivity contribution in [2.45, 2.75) is 26.8 Å². The molecule has 28 heavy (non-hydrogen) atoms. The summed E-state index contributed by atoms with van der Waals surface area (Å²) in [6, 6.07) is 6.90. The third-order valence-electron chi connectivity index (χ3n) is 4.61. The Morgan fingerprint density at radius 2 is 1.64 bits per heavy atom. The standard InChI is InChI=1S/C19H32N4O2.3ClH/c1-19(2,3)17(20)18(24)21-15-5-7-16(8-6-15)25-14-13-23-11-9-22(4)10-12-23;;;/h5-8,17H,9-14,20H2,1-4H3,(H,21,24);3*1H/t17-;;;/m1.../s1. The van der Waals surface area contributed by atoms with Crippen molar-refractivity contribution in [2.75, 3.05) is 51.7 Å². The first kappa shape index (κ1) is 29.4. The average molecular weight is 458 g/mol. The molecule has 0 spiro atoms. The average Bonchev–Trinajstić information content (AvgIpc) is 2.56. The maximum absolute atomic E-state index is 12.1. The fourth-order valence-corrected chi connectivity index (χ4v) is 2.61. The van der Waals surface area contributed by atoms with Gasteiger partial charge in [0.05, 0.1) is 6.04 Å². The minimum absolute atomic E-state index is 0. The summed E-state index contributed by atoms with van der Waals surface area (Å²) in [5.41, 5.74) is 6.44. The summed E-state index contributed by atoms with van der Waals surface area (Å²) in [5, 5.41) is 2.86. The molecule has 1 fully saturated rings. The number of nitrogens with zero attached hydrogens (tertiary/aromatic N) is 2. The van der Waals surface area contributed by atoms with Crippen molar-refractivity contribution in [3.63, 3.8) is 0 Å². The maximum Gasteiger partial charge on any atom is 0.241 e. The first-order valence-electron chi connectivity index (χ1n) is 8.96. The second-order valence-electron chi connectivity index (χ2n) is 7.85. The number of halogens is 3. The Balaban J connectivity index is 0. The first-order valence-corrected chi connectivity index (χ1v) is 8.96. The number of piperazine rings is 1. The summed E-state index contributed by atoms with van der Waals surface area (Å²) in [6.07, 6.45) is 0. The largest absolute Gasteiger partial charge is 0.492 e. The lowest BCUT2D eigenvalue weighted by Gasteiger charge is -2.32. The molecule has 0 radical (unpaired) electrons. The molecule has 0 bridgehead atoms. The maximum atomic E-state index is 12.1. The van der Waals surface area contributed by atoms with Gasteiger partial charge in [0.2, 0.25) is 5.91 Å². The minimum Gasteiger partial charge on any atom is -0.492 e. The zero-order valence-electron chi connectivity index (χ0n) is 17.1. The predicted octanol–water partition coefficient (Wildman–Crippen LogP) is 2.89. The lowest BCUT2D eigenvalue weighted by Crippen LogP contribution is -2.45. The summed E-state index contributed by atoms with van der Waals surface area (Å²) in [5.74, 6) is 0.642. The first-order chi connectivity index (χ1) is 11.8. The highest BCUT2D eigenvalue weighted by Crippen LogP contribution is 2.20. The van der Waals surface area contributed by atoms with E-state index in [4.69, 9.17) is 10.5 Å². The second kappa shape index (κ2) is 13.5. The monoisotopic (exact) mass is 456 g/mol. The van der Waals surface area contributed by atoms with Crippen LogP contribution in [0, 0.1) is 5.41 Å². The fourth-order valence-electron chi connectivity index (χ4n) is 2.61. The molecule has 1 saturated heterocycles. The number of rotatable bonds is 6. The number of benzene rings is 1. The number of carbonyl (C=O) groups is 1. The van der Waals surface area contributed by atoms with Gasteiger partial charge in [-0.05, 0) is 36.7 Å². The lowest BCUT2D eigenvalue weighted by atomic mass is 9.87. The number of hydrogen-bond acceptors (Lipinski definition) is 5. The van der Waals surface area contributed by atoms with Crippen LogP contribution in [0.3, 0.4) is 0 Å². The molecule has 1 aliphatic heterocycles. The van der Waals surface area contributed by atoms with Crippen molar-refractivity contribution in [3.8, 4) is 5.75 Å². The van der Waals surface area contributed by atoms with Crippen molar-refractivity contribution in [1.29, 1.82) is 0 Å². The topological polar surface area (TPSA) is 70.8 Å². The van der Waals surface area contributed by atoms with Crippen molar-refractivity contribution in [2.24, 2.45) is 11.1 Å². The molecule has 1 aromatic carbocycles. The third kappa shape index (κ3) is 9.63. The Hall–Kier alpha value is -0.760. The smallest absolute Gasteiger partial charge is 0.241 e. The van der Waals surface area contributed by atoms with Gasteiger partial charge >= 0.3 is 0 Å². The number of carbonyl (C=O) groups excluding carboxylic acids is 1. The highest BCUT2D eigenvalue weighted by Gasteiger charge is 2.27. The van der Waals surface area contributed by atoms with E-state index in [1.165, 1.54) is 0 Å². The molecule has 6 nitrogen and oxygen atoms in total. The normalized spacial score (nSPS) is 16.0. The summed E-state index contributed by atoms with van der Waals surface area (Å²) >= 11 is 0. The van der Waals surface area contributed by atoms with Gasteiger partial charge in [-0.3, -0.25) is 9.69 Å². The molecule has 1 heterocycles. The molecule has 1 aromatic rings. The molecular weight excluding hydrogens is 423 g/mol. The zero-order valence-corrected chi connectivity index (χ0v) is 19.6. The predicted molar refractivity (Wildman–Crippen MR) is 124 cm³/mol. The van der Waals surface area contributed by atoms with Gasteiger partial charge in [0.15, 0.2) is 0 Å². The summed E-state index contributed by atoms with van der Waals surface area (Å²) in [6.45, 7) is 11.9. The molecule has 0 aromatic heterocycles. The molecule has 1 amide bonds. The van der Waals surface area contributed by atoms with E-state index < -0.39 is 6.04 Å². The van der Waals surface area contributed by atoms with Crippen molar-refractivity contribution in [3.05, 3.63) is 24.3 Å². The minimum atomic E-state index is -0.549. The van der Waals surface area contributed by atoms with Crippen molar-refractivity contribution >= 4 is 48.8 Å². The molecule has 2 rings (SSSR count). The van der Waals surface area contributed by atoms with Crippen LogP contribution < -0.4 is 15.8 Å². The van der Waals surface area contributed by atoms with Gasteiger partial charge in [0.25, 0.3) is 0 Å². The summed E-state index contributed by atoms with van der Waals surface area (Å²) < 4.78 is 5.80. The number of amides is 1. The van der Waals surface area contributed by atoms with E-state index in [-0.39, 0.29) is 48.5 Å². The summed E-state index contributed by atoms with van der Waals surface area (Å²) in [7, 11) is 2.16. The number of nitrogens with one attached hydrogen (secondary N) is 1. The molecule has 3 N–H and O–H groups in total. The van der Waals surface area contributed by atoms with Gasteiger partial charge in [-0.1, -0.05) is 20.8 Å². The van der Waals surface area contributed by atoms with E-state index in [2.05, 4.69) is 22.2 Å². The van der Waals surface area contributed by atoms with E-state index in [1.54, 1.807) is 0 Å². The summed E-state index contributed by atoms with van der Waals surface area (Å²) in [4.78, 5) is 16.9. The van der Waals surface area contributed by atoms with Gasteiger partial charge in [0, 0.05) is 38.4 Å². The van der Waals surface area contributed by atoms with Gasteiger partial charge in [-0.25, -0.2) is 0 Å². The van der Waals surface area contributed by atoms with Gasteiger partial charge in [0.1, 0.15) is 12.4 Å². The highest BCUT2D eigenvalue weighted by atomic mass is 35.5. The van der Waals surface area contributed by atoms with Gasteiger partial charge in [-0.2, -0.15) is 0 Å². The van der Waals surface area contributed by atoms with Crippen LogP contribution in [-0.2, 0) is 4.79 Å². The molecular formula is C19H35Cl3N4O2. The van der Waals surface area contributed by atoms with Crippen molar-refractivity contribution in [1.82, 2.24) is 9.80 Å². The van der Waals surface area contributed by atoms with E-state index in [0.29, 0.717) is 6.61 Å². The third-order valence-corrected chi connectivity index (χ3v) is 4.61. The number of nitrogens with two attached hydrogens (primary N) is 1. The Morgan fingerprint density at radius 1 is 1.11 bits per heavy atom. The number of hydrogen-bond donors (Lipinski definition) is 2. The van der Waals surface area contributed by atoms with Crippen LogP contribution in [0.25, 0.3) is 0 Å². The van der Waals surface area contributed by atoms with Crippen LogP contribution in [0.5, 0.6) is 5.75 Å². The number of ether oxygens (including phenoxy) is 1. The van der Waals surface area contributed by atoms with Gasteiger partial charge < -0.3 is 20.7 Å². The molecule has 0 saturated carbocycles. The van der Waals surface area contributed by atoms with Crippen LogP contribution in [0.1, 0.15) is 20.8 Å². The Kier molecular flexibility index (Phi) is 14.2. The number of anilines is 1. The van der Waals surface area contributed by atoms with Crippen LogP contribution in [0.2, 0.25) is 0 Å². The quantitative estimate of drug-likeness (QED) is 0.687.